The Morgan fingerprint density at radius 2 is 1.24 bits per heavy atom. The van der Waals surface area contributed by atoms with Crippen molar-refractivity contribution in [2.75, 3.05) is 6.26 Å². The van der Waals surface area contributed by atoms with Crippen molar-refractivity contribution in [3.8, 4) is 0 Å². The Kier molecular flexibility index (Phi) is 7.61. The smallest absolute Gasteiger partial charge is 0.286 e. The molecule has 1 aromatic rings. The second-order valence-electron chi connectivity index (χ2n) is 3.02. The van der Waals surface area contributed by atoms with Gasteiger partial charge in [-0.25, -0.2) is 0 Å². The molecule has 0 atom stereocenters. The van der Waals surface area contributed by atoms with Gasteiger partial charge < -0.3 is 0 Å². The molecule has 0 amide bonds. The third-order valence-electron chi connectivity index (χ3n) is 1.32. The van der Waals surface area contributed by atoms with Gasteiger partial charge in [-0.2, -0.15) is 16.8 Å². The molecule has 0 aliphatic heterocycles. The lowest BCUT2D eigenvalue weighted by atomic mass is 10.2. The van der Waals surface area contributed by atoms with Gasteiger partial charge in [0.2, 0.25) is 0 Å². The van der Waals surface area contributed by atoms with Crippen molar-refractivity contribution in [1.82, 2.24) is 0 Å². The fourth-order valence-electron chi connectivity index (χ4n) is 0.710. The maximum Gasteiger partial charge on any atom is 0.294 e. The van der Waals surface area contributed by atoms with Crippen LogP contribution >= 0.6 is 12.4 Å². The zero-order valence-electron chi connectivity index (χ0n) is 9.06. The van der Waals surface area contributed by atoms with Crippen LogP contribution in [0.25, 0.3) is 0 Å². The van der Waals surface area contributed by atoms with Crippen LogP contribution in [0.15, 0.2) is 29.2 Å². The van der Waals surface area contributed by atoms with Crippen LogP contribution < -0.4 is 0 Å². The first-order valence-electron chi connectivity index (χ1n) is 3.97. The lowest BCUT2D eigenvalue weighted by Crippen LogP contribution is -1.96. The van der Waals surface area contributed by atoms with Crippen molar-refractivity contribution < 1.29 is 25.9 Å². The van der Waals surface area contributed by atoms with Gasteiger partial charge in [0, 0.05) is 0 Å². The number of benzene rings is 1. The van der Waals surface area contributed by atoms with Crippen LogP contribution in [0.2, 0.25) is 0 Å². The summed E-state index contributed by atoms with van der Waals surface area (Å²) in [6.45, 7) is 1.84. The average molecular weight is 305 g/mol. The fourth-order valence-corrected chi connectivity index (χ4v) is 1.19. The molecule has 0 saturated heterocycles. The van der Waals surface area contributed by atoms with Gasteiger partial charge in [0.15, 0.2) is 0 Å². The minimum Gasteiger partial charge on any atom is -0.286 e. The molecule has 0 bridgehead atoms. The lowest BCUT2D eigenvalue weighted by molar-refractivity contribution is 0.482. The van der Waals surface area contributed by atoms with Crippen molar-refractivity contribution in [1.29, 1.82) is 0 Å². The number of aryl methyl sites for hydroxylation is 1. The zero-order valence-corrected chi connectivity index (χ0v) is 11.5. The molecule has 100 valence electrons. The maximum absolute atomic E-state index is 10.5. The van der Waals surface area contributed by atoms with E-state index in [1.54, 1.807) is 12.1 Å². The predicted molar refractivity (Wildman–Crippen MR) is 65.7 cm³/mol. The third-order valence-corrected chi connectivity index (χ3v) is 2.19. The molecule has 0 unspecified atom stereocenters. The van der Waals surface area contributed by atoms with Crippen molar-refractivity contribution >= 4 is 32.6 Å². The molecule has 0 aromatic heterocycles. The molecular formula is C8H13ClO6S2. The van der Waals surface area contributed by atoms with E-state index in [2.05, 4.69) is 0 Å². The molecule has 9 heteroatoms. The van der Waals surface area contributed by atoms with Gasteiger partial charge in [-0.3, -0.25) is 9.11 Å². The van der Waals surface area contributed by atoms with Crippen LogP contribution in [0.3, 0.4) is 0 Å². The first kappa shape index (κ1) is 18.7. The first-order valence-corrected chi connectivity index (χ1v) is 7.25. The van der Waals surface area contributed by atoms with Crippen molar-refractivity contribution in [3.63, 3.8) is 0 Å². The van der Waals surface area contributed by atoms with Gasteiger partial charge in [0.05, 0.1) is 11.2 Å². The third kappa shape index (κ3) is 11.6. The summed E-state index contributed by atoms with van der Waals surface area (Å²) >= 11 is 0. The summed E-state index contributed by atoms with van der Waals surface area (Å²) in [5.41, 5.74) is 0.956. The van der Waals surface area contributed by atoms with Crippen molar-refractivity contribution in [2.45, 2.75) is 11.8 Å². The number of hydrogen-bond donors (Lipinski definition) is 2. The Bertz CT molecular complexity index is 524. The highest BCUT2D eigenvalue weighted by Gasteiger charge is 2.06. The molecule has 0 heterocycles. The molecule has 0 aliphatic rings. The highest BCUT2D eigenvalue weighted by molar-refractivity contribution is 7.85. The molecule has 1 aromatic carbocycles. The Hall–Kier alpha value is -0.670. The Morgan fingerprint density at radius 1 is 0.941 bits per heavy atom. The van der Waals surface area contributed by atoms with E-state index in [0.717, 1.165) is 5.56 Å². The Labute approximate surface area is 107 Å². The van der Waals surface area contributed by atoms with Crippen molar-refractivity contribution in [2.24, 2.45) is 0 Å². The van der Waals surface area contributed by atoms with Crippen LogP contribution in [0.5, 0.6) is 0 Å². The van der Waals surface area contributed by atoms with Gasteiger partial charge in [-0.1, -0.05) is 17.7 Å². The largest absolute Gasteiger partial charge is 0.294 e. The van der Waals surface area contributed by atoms with Crippen LogP contribution in [-0.4, -0.2) is 32.2 Å². The van der Waals surface area contributed by atoms with E-state index in [4.69, 9.17) is 9.11 Å². The lowest BCUT2D eigenvalue weighted by Gasteiger charge is -1.95. The topological polar surface area (TPSA) is 109 Å². The van der Waals surface area contributed by atoms with Crippen molar-refractivity contribution in [3.05, 3.63) is 29.8 Å². The summed E-state index contributed by atoms with van der Waals surface area (Å²) in [7, 11) is -7.69. The summed E-state index contributed by atoms with van der Waals surface area (Å²) in [5.74, 6) is 0. The van der Waals surface area contributed by atoms with Gasteiger partial charge in [-0.15, -0.1) is 12.4 Å². The Balaban J connectivity index is 0. The van der Waals surface area contributed by atoms with E-state index >= 15 is 0 Å². The SMILES string of the molecule is CS(=O)(=O)O.Cc1ccc(S(=O)(=O)O)cc1.Cl. The van der Waals surface area contributed by atoms with Crippen LogP contribution in [-0.2, 0) is 20.2 Å². The van der Waals surface area contributed by atoms with Gasteiger partial charge in [-0.05, 0) is 19.1 Å². The van der Waals surface area contributed by atoms with Crippen LogP contribution in [0.4, 0.5) is 0 Å². The highest BCUT2D eigenvalue weighted by Crippen LogP contribution is 2.08. The standard InChI is InChI=1S/C7H8O3S.CH4O3S.ClH/c1-6-2-4-7(5-3-6)11(8,9)10;1-5(2,3)4;/h2-5H,1H3,(H,8,9,10);1H3,(H,2,3,4);1H. The summed E-state index contributed by atoms with van der Waals surface area (Å²) in [6.07, 6.45) is 0.715. The van der Waals surface area contributed by atoms with Gasteiger partial charge >= 0.3 is 0 Å². The second kappa shape index (κ2) is 6.92. The molecule has 0 radical (unpaired) electrons. The molecule has 2 N–H and O–H groups in total. The molecule has 1 rings (SSSR count). The Morgan fingerprint density at radius 3 is 1.47 bits per heavy atom. The quantitative estimate of drug-likeness (QED) is 0.754. The highest BCUT2D eigenvalue weighted by atomic mass is 35.5. The van der Waals surface area contributed by atoms with E-state index in [9.17, 15) is 16.8 Å². The summed E-state index contributed by atoms with van der Waals surface area (Å²) in [6, 6.07) is 5.99. The molecule has 17 heavy (non-hydrogen) atoms. The zero-order chi connectivity index (χ0) is 13.0. The number of halogens is 1. The predicted octanol–water partition coefficient (Wildman–Crippen LogP) is 1.17. The number of hydrogen-bond acceptors (Lipinski definition) is 4. The average Bonchev–Trinajstić information content (AvgIpc) is 1.99. The minimum atomic E-state index is -4.02. The summed E-state index contributed by atoms with van der Waals surface area (Å²) < 4.78 is 55.4. The number of rotatable bonds is 1. The molecule has 0 saturated carbocycles. The fraction of sp³-hybridized carbons (Fsp3) is 0.250. The van der Waals surface area contributed by atoms with E-state index < -0.39 is 20.2 Å². The monoisotopic (exact) mass is 304 g/mol. The molecule has 0 spiro atoms. The van der Waals surface area contributed by atoms with E-state index in [0.29, 0.717) is 6.26 Å². The molecule has 0 aliphatic carbocycles. The van der Waals surface area contributed by atoms with Crippen LogP contribution in [0.1, 0.15) is 5.56 Å². The molecular weight excluding hydrogens is 292 g/mol. The normalized spacial score (nSPS) is 10.8. The minimum absolute atomic E-state index is 0. The second-order valence-corrected chi connectivity index (χ2v) is 5.91. The van der Waals surface area contributed by atoms with E-state index in [-0.39, 0.29) is 17.3 Å². The molecule has 0 fully saturated rings. The van der Waals surface area contributed by atoms with E-state index in [1.807, 2.05) is 6.92 Å². The summed E-state index contributed by atoms with van der Waals surface area (Å²) in [4.78, 5) is -0.0666. The van der Waals surface area contributed by atoms with Crippen LogP contribution in [0, 0.1) is 6.92 Å². The van der Waals surface area contributed by atoms with Gasteiger partial charge in [0.25, 0.3) is 20.2 Å². The first-order chi connectivity index (χ1) is 7.00. The van der Waals surface area contributed by atoms with Gasteiger partial charge in [0.1, 0.15) is 0 Å². The maximum atomic E-state index is 10.5. The summed E-state index contributed by atoms with van der Waals surface area (Å²) in [5, 5.41) is 0. The molecule has 6 nitrogen and oxygen atoms in total. The van der Waals surface area contributed by atoms with E-state index in [1.165, 1.54) is 12.1 Å².